The van der Waals surface area contributed by atoms with Gasteiger partial charge in [-0.1, -0.05) is 103 Å². The Morgan fingerprint density at radius 3 is 1.54 bits per heavy atom. The molecule has 0 aliphatic heterocycles. The predicted octanol–water partition coefficient (Wildman–Crippen LogP) is 7.07. The van der Waals surface area contributed by atoms with Gasteiger partial charge in [-0.3, -0.25) is 4.79 Å². The maximum absolute atomic E-state index is 11.4. The van der Waals surface area contributed by atoms with Gasteiger partial charge in [-0.25, -0.2) is 0 Å². The summed E-state index contributed by atoms with van der Waals surface area (Å²) in [7, 11) is 0. The zero-order valence-corrected chi connectivity index (χ0v) is 16.6. The molecule has 0 rings (SSSR count). The van der Waals surface area contributed by atoms with E-state index < -0.39 is 0 Å². The van der Waals surface area contributed by atoms with Crippen LogP contribution >= 0.6 is 0 Å². The Kier molecular flexibility index (Phi) is 17.9. The van der Waals surface area contributed by atoms with Gasteiger partial charge in [-0.15, -0.1) is 0 Å². The van der Waals surface area contributed by atoms with Gasteiger partial charge in [0.25, 0.3) is 0 Å². The highest BCUT2D eigenvalue weighted by Gasteiger charge is 2.04. The quantitative estimate of drug-likeness (QED) is 0.211. The average Bonchev–Trinajstić information content (AvgIpc) is 2.57. The first-order valence-corrected chi connectivity index (χ1v) is 10.7. The summed E-state index contributed by atoms with van der Waals surface area (Å²) in [6.45, 7) is 4.47. The first-order chi connectivity index (χ1) is 11.7. The molecule has 0 aliphatic carbocycles. The van der Waals surface area contributed by atoms with Crippen LogP contribution in [0.3, 0.4) is 0 Å². The number of hydrogen-bond donors (Lipinski definition) is 1. The molecule has 0 unspecified atom stereocenters. The van der Waals surface area contributed by atoms with Crippen molar-refractivity contribution in [3.8, 4) is 0 Å². The smallest absolute Gasteiger partial charge is 0.244 e. The second kappa shape index (κ2) is 18.5. The van der Waals surface area contributed by atoms with Gasteiger partial charge in [-0.2, -0.15) is 0 Å². The van der Waals surface area contributed by atoms with Crippen LogP contribution < -0.4 is 5.73 Å². The Hall–Kier alpha value is -0.790. The van der Waals surface area contributed by atoms with Crippen molar-refractivity contribution in [2.75, 3.05) is 0 Å². The summed E-state index contributed by atoms with van der Waals surface area (Å²) in [6, 6.07) is 0. The summed E-state index contributed by atoms with van der Waals surface area (Å²) in [6.07, 6.45) is 23.8. The Balaban J connectivity index is 3.47. The second-order valence-corrected chi connectivity index (χ2v) is 7.23. The minimum atomic E-state index is -0.213. The van der Waals surface area contributed by atoms with Crippen LogP contribution in [0, 0.1) is 0 Å². The van der Waals surface area contributed by atoms with Gasteiger partial charge in [0.15, 0.2) is 0 Å². The van der Waals surface area contributed by atoms with E-state index in [9.17, 15) is 4.79 Å². The molecule has 0 aromatic carbocycles. The van der Waals surface area contributed by atoms with E-state index in [1.165, 1.54) is 89.9 Å². The van der Waals surface area contributed by atoms with Crippen LogP contribution in [-0.4, -0.2) is 5.91 Å². The Morgan fingerprint density at radius 2 is 1.08 bits per heavy atom. The van der Waals surface area contributed by atoms with E-state index in [0.717, 1.165) is 24.8 Å². The van der Waals surface area contributed by atoms with Gasteiger partial charge in [-0.05, 0) is 25.7 Å². The van der Waals surface area contributed by atoms with Gasteiger partial charge in [0.05, 0.1) is 0 Å². The molecule has 0 atom stereocenters. The van der Waals surface area contributed by atoms with Crippen molar-refractivity contribution in [1.29, 1.82) is 0 Å². The lowest BCUT2D eigenvalue weighted by atomic mass is 10.0. The van der Waals surface area contributed by atoms with Crippen LogP contribution in [0.4, 0.5) is 0 Å². The number of primary amides is 1. The zero-order chi connectivity index (χ0) is 17.9. The lowest BCUT2D eigenvalue weighted by Gasteiger charge is -2.05. The summed E-state index contributed by atoms with van der Waals surface area (Å²) >= 11 is 0. The number of carbonyl (C=O) groups is 1. The first kappa shape index (κ1) is 23.2. The van der Waals surface area contributed by atoms with E-state index in [-0.39, 0.29) is 5.91 Å². The number of allylic oxidation sites excluding steroid dienone is 1. The van der Waals surface area contributed by atoms with Gasteiger partial charge >= 0.3 is 0 Å². The topological polar surface area (TPSA) is 43.1 Å². The van der Waals surface area contributed by atoms with E-state index in [2.05, 4.69) is 19.9 Å². The molecule has 0 radical (unpaired) electrons. The molecule has 2 heteroatoms. The van der Waals surface area contributed by atoms with Gasteiger partial charge in [0.2, 0.25) is 5.91 Å². The molecular weight excluding hydrogens is 294 g/mol. The fourth-order valence-corrected chi connectivity index (χ4v) is 3.15. The minimum absolute atomic E-state index is 0.213. The third-order valence-electron chi connectivity index (χ3n) is 4.81. The molecule has 0 aromatic heterocycles. The summed E-state index contributed by atoms with van der Waals surface area (Å²) in [5, 5.41) is 0. The van der Waals surface area contributed by atoms with Crippen LogP contribution in [0.25, 0.3) is 0 Å². The average molecular weight is 338 g/mol. The number of rotatable bonds is 18. The summed E-state index contributed by atoms with van der Waals surface area (Å²) in [5.74, 6) is -0.213. The van der Waals surface area contributed by atoms with Gasteiger partial charge in [0.1, 0.15) is 0 Å². The van der Waals surface area contributed by atoms with Crippen molar-refractivity contribution < 1.29 is 4.79 Å². The molecule has 0 bridgehead atoms. The highest BCUT2D eigenvalue weighted by molar-refractivity contribution is 5.91. The van der Waals surface area contributed by atoms with E-state index >= 15 is 0 Å². The third-order valence-corrected chi connectivity index (χ3v) is 4.81. The Morgan fingerprint density at radius 1 is 0.667 bits per heavy atom. The second-order valence-electron chi connectivity index (χ2n) is 7.23. The molecule has 2 N–H and O–H groups in total. The fraction of sp³-hybridized carbons (Fsp3) is 0.864. The van der Waals surface area contributed by atoms with E-state index in [1.807, 2.05) is 0 Å². The number of amides is 1. The van der Waals surface area contributed by atoms with Crippen molar-refractivity contribution >= 4 is 5.91 Å². The number of unbranched alkanes of at least 4 members (excludes halogenated alkanes) is 14. The van der Waals surface area contributed by atoms with E-state index in [1.54, 1.807) is 0 Å². The highest BCUT2D eigenvalue weighted by Crippen LogP contribution is 2.15. The maximum atomic E-state index is 11.4. The normalized spacial score (nSPS) is 11.8. The van der Waals surface area contributed by atoms with Crippen molar-refractivity contribution in [3.63, 3.8) is 0 Å². The molecular formula is C22H43NO. The van der Waals surface area contributed by atoms with Crippen LogP contribution in [0.15, 0.2) is 11.6 Å². The zero-order valence-electron chi connectivity index (χ0n) is 16.6. The van der Waals surface area contributed by atoms with E-state index in [4.69, 9.17) is 5.73 Å². The maximum Gasteiger partial charge on any atom is 0.244 e. The standard InChI is InChI=1S/C22H43NO/c1-3-5-7-9-10-11-12-13-14-15-16-18-20-21(22(23)24)19-17-8-6-4-2/h19H,3-18,20H2,1-2H3,(H2,23,24). The molecule has 1 amide bonds. The summed E-state index contributed by atoms with van der Waals surface area (Å²) in [4.78, 5) is 11.4. The molecule has 0 heterocycles. The molecule has 0 fully saturated rings. The van der Waals surface area contributed by atoms with Gasteiger partial charge < -0.3 is 5.73 Å². The van der Waals surface area contributed by atoms with Crippen LogP contribution in [0.1, 0.15) is 123 Å². The third kappa shape index (κ3) is 16.1. The largest absolute Gasteiger partial charge is 0.366 e. The minimum Gasteiger partial charge on any atom is -0.366 e. The molecule has 2 nitrogen and oxygen atoms in total. The molecule has 24 heavy (non-hydrogen) atoms. The van der Waals surface area contributed by atoms with E-state index in [0.29, 0.717) is 0 Å². The monoisotopic (exact) mass is 337 g/mol. The van der Waals surface area contributed by atoms with Crippen LogP contribution in [-0.2, 0) is 4.79 Å². The predicted molar refractivity (Wildman–Crippen MR) is 107 cm³/mol. The lowest BCUT2D eigenvalue weighted by molar-refractivity contribution is -0.114. The fourth-order valence-electron chi connectivity index (χ4n) is 3.15. The number of carbonyl (C=O) groups excluding carboxylic acids is 1. The molecule has 0 spiro atoms. The Labute approximate surface area is 151 Å². The molecule has 0 saturated heterocycles. The lowest BCUT2D eigenvalue weighted by Crippen LogP contribution is -2.14. The Bertz CT molecular complexity index is 309. The molecule has 0 saturated carbocycles. The molecule has 142 valence electrons. The van der Waals surface area contributed by atoms with Crippen molar-refractivity contribution in [3.05, 3.63) is 11.6 Å². The summed E-state index contributed by atoms with van der Waals surface area (Å²) in [5.41, 5.74) is 6.34. The van der Waals surface area contributed by atoms with Crippen molar-refractivity contribution in [2.45, 2.75) is 123 Å². The van der Waals surface area contributed by atoms with Crippen LogP contribution in [0.2, 0.25) is 0 Å². The summed E-state index contributed by atoms with van der Waals surface area (Å²) < 4.78 is 0. The SMILES string of the molecule is CCCCCC=C(CCCCCCCCCCCCCC)C(N)=O. The molecule has 0 aliphatic rings. The highest BCUT2D eigenvalue weighted by atomic mass is 16.1. The number of nitrogens with two attached hydrogens (primary N) is 1. The van der Waals surface area contributed by atoms with Crippen molar-refractivity contribution in [1.82, 2.24) is 0 Å². The van der Waals surface area contributed by atoms with Gasteiger partial charge in [0, 0.05) is 5.57 Å². The van der Waals surface area contributed by atoms with Crippen molar-refractivity contribution in [2.24, 2.45) is 5.73 Å². The number of hydrogen-bond acceptors (Lipinski definition) is 1. The van der Waals surface area contributed by atoms with Crippen LogP contribution in [0.5, 0.6) is 0 Å². The molecule has 0 aromatic rings. The first-order valence-electron chi connectivity index (χ1n) is 10.7.